The average molecular weight is 276 g/mol. The Morgan fingerprint density at radius 1 is 1.25 bits per heavy atom. The molecule has 4 nitrogen and oxygen atoms in total. The lowest BCUT2D eigenvalue weighted by Gasteiger charge is -2.36. The Labute approximate surface area is 121 Å². The maximum absolute atomic E-state index is 5.89. The molecule has 4 heteroatoms. The van der Waals surface area contributed by atoms with E-state index < -0.39 is 0 Å². The van der Waals surface area contributed by atoms with E-state index in [1.165, 1.54) is 25.9 Å². The molecule has 20 heavy (non-hydrogen) atoms. The number of methoxy groups -OCH3 is 1. The van der Waals surface area contributed by atoms with Crippen molar-refractivity contribution in [3.63, 3.8) is 0 Å². The second kappa shape index (κ2) is 6.46. The van der Waals surface area contributed by atoms with Crippen LogP contribution in [0.15, 0.2) is 24.3 Å². The number of benzene rings is 1. The van der Waals surface area contributed by atoms with Crippen molar-refractivity contribution in [1.29, 1.82) is 0 Å². The second-order valence-corrected chi connectivity index (χ2v) is 5.66. The number of nitrogens with zero attached hydrogens (tertiary/aromatic N) is 1. The number of ether oxygens (including phenoxy) is 2. The van der Waals surface area contributed by atoms with E-state index in [9.17, 15) is 0 Å². The molecule has 2 aliphatic heterocycles. The van der Waals surface area contributed by atoms with E-state index in [0.29, 0.717) is 6.04 Å². The van der Waals surface area contributed by atoms with E-state index in [-0.39, 0.29) is 0 Å². The summed E-state index contributed by atoms with van der Waals surface area (Å²) in [5, 5.41) is 3.52. The molecule has 0 spiro atoms. The number of likely N-dealkylation sites (tertiary alicyclic amines) is 1. The van der Waals surface area contributed by atoms with Crippen molar-refractivity contribution in [2.45, 2.75) is 18.9 Å². The van der Waals surface area contributed by atoms with Gasteiger partial charge in [-0.3, -0.25) is 4.90 Å². The minimum Gasteiger partial charge on any atom is -0.493 e. The van der Waals surface area contributed by atoms with Gasteiger partial charge in [0.25, 0.3) is 0 Å². The first-order valence-electron chi connectivity index (χ1n) is 7.59. The van der Waals surface area contributed by atoms with Gasteiger partial charge in [-0.1, -0.05) is 12.1 Å². The van der Waals surface area contributed by atoms with Crippen LogP contribution in [0.5, 0.6) is 11.5 Å². The Morgan fingerprint density at radius 3 is 2.95 bits per heavy atom. The van der Waals surface area contributed by atoms with Crippen LogP contribution in [0.25, 0.3) is 0 Å². The van der Waals surface area contributed by atoms with E-state index in [2.05, 4.69) is 10.2 Å². The molecule has 2 saturated heterocycles. The van der Waals surface area contributed by atoms with Crippen molar-refractivity contribution >= 4 is 0 Å². The SMILES string of the molecule is COc1ccccc1OCCN1CCCC2CNCC21. The maximum atomic E-state index is 5.89. The van der Waals surface area contributed by atoms with Gasteiger partial charge in [0, 0.05) is 19.1 Å². The summed E-state index contributed by atoms with van der Waals surface area (Å²) in [5.74, 6) is 2.50. The summed E-state index contributed by atoms with van der Waals surface area (Å²) in [6.45, 7) is 5.26. The van der Waals surface area contributed by atoms with Crippen LogP contribution in [-0.2, 0) is 0 Å². The highest BCUT2D eigenvalue weighted by Crippen LogP contribution is 2.27. The fourth-order valence-corrected chi connectivity index (χ4v) is 3.45. The molecule has 3 rings (SSSR count). The number of hydrogen-bond acceptors (Lipinski definition) is 4. The van der Waals surface area contributed by atoms with Gasteiger partial charge in [-0.05, 0) is 44.0 Å². The molecule has 2 fully saturated rings. The highest BCUT2D eigenvalue weighted by atomic mass is 16.5. The first kappa shape index (κ1) is 13.7. The molecule has 0 bridgehead atoms. The third-order valence-corrected chi connectivity index (χ3v) is 4.50. The minimum atomic E-state index is 0.713. The van der Waals surface area contributed by atoms with Gasteiger partial charge in [-0.15, -0.1) is 0 Å². The summed E-state index contributed by atoms with van der Waals surface area (Å²) in [4.78, 5) is 2.59. The summed E-state index contributed by atoms with van der Waals surface area (Å²) in [6.07, 6.45) is 2.69. The minimum absolute atomic E-state index is 0.713. The van der Waals surface area contributed by atoms with Crippen molar-refractivity contribution in [3.8, 4) is 11.5 Å². The normalized spacial score (nSPS) is 26.2. The van der Waals surface area contributed by atoms with Crippen LogP contribution < -0.4 is 14.8 Å². The Hall–Kier alpha value is -1.26. The summed E-state index contributed by atoms with van der Waals surface area (Å²) < 4.78 is 11.2. The van der Waals surface area contributed by atoms with E-state index >= 15 is 0 Å². The monoisotopic (exact) mass is 276 g/mol. The first-order chi connectivity index (χ1) is 9.88. The van der Waals surface area contributed by atoms with Crippen LogP contribution in [0.3, 0.4) is 0 Å². The van der Waals surface area contributed by atoms with Gasteiger partial charge in [0.05, 0.1) is 7.11 Å². The van der Waals surface area contributed by atoms with Crippen LogP contribution in [-0.4, -0.2) is 50.8 Å². The average Bonchev–Trinajstić information content (AvgIpc) is 2.97. The molecule has 2 aliphatic rings. The van der Waals surface area contributed by atoms with E-state index in [1.54, 1.807) is 7.11 Å². The fraction of sp³-hybridized carbons (Fsp3) is 0.625. The third-order valence-electron chi connectivity index (χ3n) is 4.50. The van der Waals surface area contributed by atoms with Gasteiger partial charge >= 0.3 is 0 Å². The predicted octanol–water partition coefficient (Wildman–Crippen LogP) is 1.76. The zero-order valence-corrected chi connectivity index (χ0v) is 12.2. The van der Waals surface area contributed by atoms with Gasteiger partial charge in [0.15, 0.2) is 11.5 Å². The van der Waals surface area contributed by atoms with Crippen LogP contribution >= 0.6 is 0 Å². The van der Waals surface area contributed by atoms with Gasteiger partial charge in [-0.2, -0.15) is 0 Å². The van der Waals surface area contributed by atoms with Crippen LogP contribution in [0.2, 0.25) is 0 Å². The molecule has 1 aromatic rings. The fourth-order valence-electron chi connectivity index (χ4n) is 3.45. The van der Waals surface area contributed by atoms with E-state index in [4.69, 9.17) is 9.47 Å². The zero-order valence-electron chi connectivity index (χ0n) is 12.2. The van der Waals surface area contributed by atoms with Crippen molar-refractivity contribution in [2.24, 2.45) is 5.92 Å². The maximum Gasteiger partial charge on any atom is 0.161 e. The topological polar surface area (TPSA) is 33.7 Å². The number of fused-ring (bicyclic) bond motifs is 1. The molecule has 1 aromatic carbocycles. The number of rotatable bonds is 5. The largest absolute Gasteiger partial charge is 0.493 e. The first-order valence-corrected chi connectivity index (χ1v) is 7.59. The second-order valence-electron chi connectivity index (χ2n) is 5.66. The molecule has 0 amide bonds. The van der Waals surface area contributed by atoms with Gasteiger partial charge in [0.1, 0.15) is 6.61 Å². The Balaban J connectivity index is 1.52. The van der Waals surface area contributed by atoms with Crippen molar-refractivity contribution in [2.75, 3.05) is 39.9 Å². The Bertz CT molecular complexity index is 438. The predicted molar refractivity (Wildman–Crippen MR) is 79.4 cm³/mol. The van der Waals surface area contributed by atoms with Crippen molar-refractivity contribution in [1.82, 2.24) is 10.2 Å². The van der Waals surface area contributed by atoms with Gasteiger partial charge in [-0.25, -0.2) is 0 Å². The Morgan fingerprint density at radius 2 is 2.10 bits per heavy atom. The molecule has 0 aromatic heterocycles. The molecule has 2 unspecified atom stereocenters. The molecule has 0 saturated carbocycles. The lowest BCUT2D eigenvalue weighted by molar-refractivity contribution is 0.104. The van der Waals surface area contributed by atoms with Gasteiger partial charge in [0.2, 0.25) is 0 Å². The highest BCUT2D eigenvalue weighted by Gasteiger charge is 2.34. The molecule has 0 radical (unpaired) electrons. The molecular weight excluding hydrogens is 252 g/mol. The summed E-state index contributed by atoms with van der Waals surface area (Å²) in [5.41, 5.74) is 0. The number of hydrogen-bond donors (Lipinski definition) is 1. The molecule has 110 valence electrons. The zero-order chi connectivity index (χ0) is 13.8. The number of nitrogens with one attached hydrogen (secondary N) is 1. The quantitative estimate of drug-likeness (QED) is 0.888. The summed E-state index contributed by atoms with van der Waals surface area (Å²) in [6, 6.07) is 8.56. The van der Waals surface area contributed by atoms with E-state index in [1.807, 2.05) is 24.3 Å². The molecule has 0 aliphatic carbocycles. The third kappa shape index (κ3) is 2.91. The van der Waals surface area contributed by atoms with Crippen LogP contribution in [0.1, 0.15) is 12.8 Å². The lowest BCUT2D eigenvalue weighted by Crippen LogP contribution is -2.46. The molecular formula is C16H24N2O2. The molecule has 1 N–H and O–H groups in total. The number of para-hydroxylation sites is 2. The van der Waals surface area contributed by atoms with E-state index in [0.717, 1.165) is 37.1 Å². The molecule has 2 atom stereocenters. The van der Waals surface area contributed by atoms with Crippen molar-refractivity contribution in [3.05, 3.63) is 24.3 Å². The smallest absolute Gasteiger partial charge is 0.161 e. The Kier molecular flexibility index (Phi) is 4.43. The number of piperidine rings is 1. The van der Waals surface area contributed by atoms with Crippen LogP contribution in [0.4, 0.5) is 0 Å². The standard InChI is InChI=1S/C16H24N2O2/c1-19-15-6-2-3-7-16(15)20-10-9-18-8-4-5-13-11-17-12-14(13)18/h2-3,6-7,13-14,17H,4-5,8-12H2,1H3. The van der Waals surface area contributed by atoms with Crippen LogP contribution in [0, 0.1) is 5.92 Å². The van der Waals surface area contributed by atoms with Crippen molar-refractivity contribution < 1.29 is 9.47 Å². The lowest BCUT2D eigenvalue weighted by atomic mass is 9.92. The van der Waals surface area contributed by atoms with Gasteiger partial charge < -0.3 is 14.8 Å². The summed E-state index contributed by atoms with van der Waals surface area (Å²) >= 11 is 0. The molecule has 2 heterocycles. The summed E-state index contributed by atoms with van der Waals surface area (Å²) in [7, 11) is 1.68. The highest BCUT2D eigenvalue weighted by molar-refractivity contribution is 5.39.